The minimum Gasteiger partial charge on any atom is -0.254 e. The van der Waals surface area contributed by atoms with Crippen LogP contribution in [0.5, 0.6) is 0 Å². The molecule has 19 aromatic rings. The number of nitrogens with zero attached hydrogens (tertiary/aromatic N) is 14. The smallest absolute Gasteiger partial charge is 0.254 e. The Morgan fingerprint density at radius 1 is 0.156 bits per heavy atom. The predicted octanol–water partition coefficient (Wildman–Crippen LogP) is 18.6. The van der Waals surface area contributed by atoms with Gasteiger partial charge in [-0.1, -0.05) is 97.1 Å². The zero-order valence-electron chi connectivity index (χ0n) is 53.8. The number of pyridine rings is 12. The van der Waals surface area contributed by atoms with Gasteiger partial charge >= 0.3 is 39.0 Å². The molecule has 0 radical (unpaired) electrons. The monoisotopic (exact) mass is 1420 g/mol. The summed E-state index contributed by atoms with van der Waals surface area (Å²) in [5.74, 6) is 0. The first-order chi connectivity index (χ1) is 45.8. The Morgan fingerprint density at radius 2 is 0.302 bits per heavy atom. The second-order valence-electron chi connectivity index (χ2n) is 23.7. The number of aromatic nitrogens is 14. The molecule has 0 aliphatic heterocycles. The van der Waals surface area contributed by atoms with Gasteiger partial charge in [-0.2, -0.15) is 0 Å². The van der Waals surface area contributed by atoms with Gasteiger partial charge in [0.15, 0.2) is 0 Å². The van der Waals surface area contributed by atoms with E-state index in [0.717, 1.165) is 198 Å². The van der Waals surface area contributed by atoms with Crippen LogP contribution >= 0.6 is 0 Å². The van der Waals surface area contributed by atoms with E-state index in [4.69, 9.17) is 9.97 Å². The van der Waals surface area contributed by atoms with Gasteiger partial charge in [-0.15, -0.1) is 0 Å². The van der Waals surface area contributed by atoms with Crippen molar-refractivity contribution in [1.29, 1.82) is 0 Å². The predicted molar refractivity (Wildman–Crippen MR) is 384 cm³/mol. The zero-order chi connectivity index (χ0) is 64.1. The Morgan fingerprint density at radius 3 is 0.458 bits per heavy atom. The average molecular weight is 1420 g/mol. The van der Waals surface area contributed by atoms with Gasteiger partial charge in [-0.05, 0) is 152 Å². The van der Waals surface area contributed by atoms with Crippen molar-refractivity contribution >= 4 is 153 Å². The molecule has 0 unspecified atom stereocenters. The second-order valence-corrected chi connectivity index (χ2v) is 23.7. The minimum absolute atomic E-state index is 0. The number of benzene rings is 6. The van der Waals surface area contributed by atoms with Crippen molar-refractivity contribution in [2.24, 2.45) is 0 Å². The van der Waals surface area contributed by atoms with Crippen molar-refractivity contribution in [2.45, 2.75) is 55.4 Å². The molecule has 16 heteroatoms. The van der Waals surface area contributed by atoms with Crippen molar-refractivity contribution < 1.29 is 39.0 Å². The van der Waals surface area contributed by atoms with Crippen molar-refractivity contribution in [3.63, 3.8) is 0 Å². The first kappa shape index (κ1) is 63.8. The van der Waals surface area contributed by atoms with Gasteiger partial charge in [-0.25, -0.2) is 9.97 Å². The molecule has 0 saturated heterocycles. The molecule has 0 spiro atoms. The van der Waals surface area contributed by atoms with Crippen LogP contribution in [0.15, 0.2) is 219 Å². The summed E-state index contributed by atoms with van der Waals surface area (Å²) >= 11 is 0. The summed E-state index contributed by atoms with van der Waals surface area (Å²) in [6.07, 6.45) is 7.15. The van der Waals surface area contributed by atoms with Gasteiger partial charge in [0, 0.05) is 135 Å². The molecule has 13 aromatic heterocycles. The van der Waals surface area contributed by atoms with Gasteiger partial charge in [-0.3, -0.25) is 59.8 Å². The van der Waals surface area contributed by atoms with Gasteiger partial charge in [0.2, 0.25) is 0 Å². The molecule has 0 N–H and O–H groups in total. The summed E-state index contributed by atoms with van der Waals surface area (Å²) in [7, 11) is 0. The number of aryl methyl sites for hydroxylation is 8. The molecule has 0 amide bonds. The fourth-order valence-corrected chi connectivity index (χ4v) is 12.2. The van der Waals surface area contributed by atoms with E-state index >= 15 is 0 Å². The van der Waals surface area contributed by atoms with E-state index in [2.05, 4.69) is 157 Å². The van der Waals surface area contributed by atoms with Crippen LogP contribution in [0, 0.1) is 55.4 Å². The van der Waals surface area contributed by atoms with Crippen molar-refractivity contribution in [3.8, 4) is 0 Å². The minimum atomic E-state index is 0. The van der Waals surface area contributed by atoms with Crippen molar-refractivity contribution in [3.05, 3.63) is 264 Å². The van der Waals surface area contributed by atoms with E-state index in [0.29, 0.717) is 0 Å². The molecule has 0 aliphatic carbocycles. The van der Waals surface area contributed by atoms with E-state index < -0.39 is 0 Å². The van der Waals surface area contributed by atoms with Crippen LogP contribution in [0.1, 0.15) is 45.6 Å². The van der Waals surface area contributed by atoms with E-state index in [-0.39, 0.29) is 39.0 Å². The van der Waals surface area contributed by atoms with Gasteiger partial charge in [0.1, 0.15) is 0 Å². The third kappa shape index (κ3) is 12.3. The molecule has 462 valence electrons. The summed E-state index contributed by atoms with van der Waals surface area (Å²) in [6, 6.07) is 65.6. The molecule has 0 fully saturated rings. The van der Waals surface area contributed by atoms with Crippen LogP contribution in [0.3, 0.4) is 0 Å². The van der Waals surface area contributed by atoms with E-state index in [1.165, 1.54) is 0 Å². The number of rotatable bonds is 0. The second kappa shape index (κ2) is 26.8. The normalized spacial score (nSPS) is 11.2. The zero-order valence-corrected chi connectivity index (χ0v) is 57.2. The van der Waals surface area contributed by atoms with Gasteiger partial charge in [0.05, 0.1) is 88.3 Å². The molecule has 0 bridgehead atoms. The standard InChI is InChI=1S/C24H12N6.4C14H12N2.2Ru/c1-5-13-17(25-9-1)18-14(6-2-10-26-18)22-21(13)29-23-15-7-3-11-27-19(15)20-16(24(23)30-22)8-4-12-28-20;4*1-9-3-5-11-7-8-12-6-4-10(2)16-14(12)13(11)15-9;;/h1-12H;4*3-8H,1-2H3;;/q;;;;;2*+2. The van der Waals surface area contributed by atoms with Crippen molar-refractivity contribution in [1.82, 2.24) is 69.8 Å². The Hall–Kier alpha value is -10.9. The summed E-state index contributed by atoms with van der Waals surface area (Å²) in [5.41, 5.74) is 22.9. The Bertz CT molecular complexity index is 5270. The average Bonchev–Trinajstić information content (AvgIpc) is 0.718. The van der Waals surface area contributed by atoms with Crippen LogP contribution in [0.25, 0.3) is 153 Å². The summed E-state index contributed by atoms with van der Waals surface area (Å²) in [6.45, 7) is 16.1. The molecule has 14 nitrogen and oxygen atoms in total. The summed E-state index contributed by atoms with van der Waals surface area (Å²) in [5, 5.41) is 13.0. The molecule has 13 heterocycles. The summed E-state index contributed by atoms with van der Waals surface area (Å²) < 4.78 is 0. The first-order valence-corrected chi connectivity index (χ1v) is 31.1. The van der Waals surface area contributed by atoms with E-state index in [1.54, 1.807) is 24.8 Å². The van der Waals surface area contributed by atoms with Crippen LogP contribution < -0.4 is 0 Å². The summed E-state index contributed by atoms with van der Waals surface area (Å²) in [4.78, 5) is 65.3. The van der Waals surface area contributed by atoms with Gasteiger partial charge < -0.3 is 0 Å². The maximum Gasteiger partial charge on any atom is 2.00 e. The Kier molecular flexibility index (Phi) is 17.8. The molecular formula is C80H60N14Ru2+4. The number of hydrogen-bond donors (Lipinski definition) is 0. The number of hydrogen-bond acceptors (Lipinski definition) is 14. The molecule has 96 heavy (non-hydrogen) atoms. The van der Waals surface area contributed by atoms with Crippen LogP contribution in [-0.2, 0) is 39.0 Å². The molecule has 6 aromatic carbocycles. The Balaban J connectivity index is 0.000000112. The molecular weight excluding hydrogens is 1360 g/mol. The quantitative estimate of drug-likeness (QED) is 0.0794. The van der Waals surface area contributed by atoms with Crippen LogP contribution in [-0.4, -0.2) is 69.8 Å². The largest absolute Gasteiger partial charge is 2.00 e. The molecule has 19 rings (SSSR count). The Labute approximate surface area is 577 Å². The third-order valence-corrected chi connectivity index (χ3v) is 16.8. The molecule has 0 saturated carbocycles. The fraction of sp³-hybridized carbons (Fsp3) is 0.100. The van der Waals surface area contributed by atoms with Gasteiger partial charge in [0.25, 0.3) is 0 Å². The van der Waals surface area contributed by atoms with Crippen LogP contribution in [0.2, 0.25) is 0 Å². The fourth-order valence-electron chi connectivity index (χ4n) is 12.2. The molecule has 0 atom stereocenters. The van der Waals surface area contributed by atoms with Crippen LogP contribution in [0.4, 0.5) is 0 Å². The number of fused-ring (bicyclic) bond motifs is 24. The van der Waals surface area contributed by atoms with E-state index in [9.17, 15) is 0 Å². The van der Waals surface area contributed by atoms with E-state index in [1.807, 2.05) is 152 Å². The first-order valence-electron chi connectivity index (χ1n) is 31.1. The maximum atomic E-state index is 5.14. The third-order valence-electron chi connectivity index (χ3n) is 16.8. The molecule has 0 aliphatic rings. The topological polar surface area (TPSA) is 180 Å². The maximum absolute atomic E-state index is 5.14. The SMILES string of the molecule is Cc1ccc2ccc3ccc(C)nc3c2n1.Cc1ccc2ccc3ccc(C)nc3c2n1.Cc1ccc2ccc3ccc(C)nc3c2n1.Cc1ccc2ccc3ccc(C)nc3c2n1.[Ru+2].[Ru+2].c1cnc2c(c1)c1nc3c4cccnc4c4ncccc4c3nc1c1cccnc12. The van der Waals surface area contributed by atoms with Crippen molar-refractivity contribution in [2.75, 3.05) is 0 Å².